The lowest BCUT2D eigenvalue weighted by molar-refractivity contribution is -0.132. The van der Waals surface area contributed by atoms with Gasteiger partial charge < -0.3 is 10.1 Å². The molecule has 1 aromatic rings. The highest BCUT2D eigenvalue weighted by Crippen LogP contribution is 2.25. The number of aryl methyl sites for hydroxylation is 1. The number of alkyl halides is 2. The molecule has 3 amide bonds. The van der Waals surface area contributed by atoms with Crippen molar-refractivity contribution in [2.45, 2.75) is 64.0 Å². The van der Waals surface area contributed by atoms with Gasteiger partial charge in [0.25, 0.3) is 5.91 Å². The number of imide groups is 1. The van der Waals surface area contributed by atoms with E-state index in [-0.39, 0.29) is 17.7 Å². The largest absolute Gasteiger partial charge is 0.435 e. The van der Waals surface area contributed by atoms with Crippen LogP contribution < -0.4 is 10.1 Å². The molecule has 2 heterocycles. The summed E-state index contributed by atoms with van der Waals surface area (Å²) in [5, 5.41) is 2.84. The van der Waals surface area contributed by atoms with Crippen molar-refractivity contribution in [1.82, 2.24) is 15.1 Å². The predicted molar refractivity (Wildman–Crippen MR) is 105 cm³/mol. The molecule has 2 aliphatic rings. The molecule has 2 saturated heterocycles. The Morgan fingerprint density at radius 3 is 2.31 bits per heavy atom. The molecule has 2 aliphatic heterocycles. The normalized spacial score (nSPS) is 23.8. The van der Waals surface area contributed by atoms with Crippen LogP contribution in [-0.2, 0) is 11.2 Å². The number of ether oxygens (including phenoxy) is 1. The molecule has 0 aromatic heterocycles. The Morgan fingerprint density at radius 1 is 1.07 bits per heavy atom. The van der Waals surface area contributed by atoms with Gasteiger partial charge in [0.15, 0.2) is 0 Å². The third-order valence-electron chi connectivity index (χ3n) is 5.70. The number of carbonyl (C=O) groups excluding carboxylic acids is 2. The fourth-order valence-corrected chi connectivity index (χ4v) is 3.93. The van der Waals surface area contributed by atoms with Crippen molar-refractivity contribution in [2.24, 2.45) is 0 Å². The molecule has 6 nitrogen and oxygen atoms in total. The Kier molecular flexibility index (Phi) is 7.05. The van der Waals surface area contributed by atoms with Gasteiger partial charge in [-0.05, 0) is 63.4 Å². The maximum Gasteiger partial charge on any atom is 0.387 e. The Bertz CT molecular complexity index is 706. The monoisotopic (exact) mass is 409 g/mol. The van der Waals surface area contributed by atoms with Gasteiger partial charge in [-0.3, -0.25) is 9.69 Å². The minimum absolute atomic E-state index is 0.0969. The van der Waals surface area contributed by atoms with Crippen molar-refractivity contribution in [3.05, 3.63) is 29.8 Å². The van der Waals surface area contributed by atoms with Crippen LogP contribution in [-0.4, -0.2) is 53.6 Å². The Labute approximate surface area is 170 Å². The fraction of sp³-hybridized carbons (Fsp3) is 0.619. The number of hydrogen-bond acceptors (Lipinski definition) is 4. The molecule has 1 aromatic carbocycles. The predicted octanol–water partition coefficient (Wildman–Crippen LogP) is 3.75. The maximum absolute atomic E-state index is 13.0. The van der Waals surface area contributed by atoms with Crippen molar-refractivity contribution >= 4 is 11.9 Å². The first-order valence-electron chi connectivity index (χ1n) is 10.3. The average molecular weight is 409 g/mol. The molecule has 2 fully saturated rings. The number of hydrogen-bond donors (Lipinski definition) is 1. The van der Waals surface area contributed by atoms with Gasteiger partial charge >= 0.3 is 12.6 Å². The van der Waals surface area contributed by atoms with Crippen LogP contribution in [0, 0.1) is 0 Å². The number of rotatable bonds is 7. The summed E-state index contributed by atoms with van der Waals surface area (Å²) in [6, 6.07) is 6.00. The van der Waals surface area contributed by atoms with Crippen LogP contribution in [0.25, 0.3) is 0 Å². The quantitative estimate of drug-likeness (QED) is 0.697. The summed E-state index contributed by atoms with van der Waals surface area (Å²) in [5.74, 6) is -0.109. The molecule has 1 N–H and O–H groups in total. The Morgan fingerprint density at radius 2 is 1.69 bits per heavy atom. The zero-order valence-electron chi connectivity index (χ0n) is 16.8. The van der Waals surface area contributed by atoms with Gasteiger partial charge in [0.2, 0.25) is 0 Å². The second-order valence-corrected chi connectivity index (χ2v) is 8.05. The highest BCUT2D eigenvalue weighted by molar-refractivity contribution is 6.06. The van der Waals surface area contributed by atoms with E-state index >= 15 is 0 Å². The lowest BCUT2D eigenvalue weighted by Gasteiger charge is -2.28. The van der Waals surface area contributed by atoms with Crippen LogP contribution in [0.15, 0.2) is 24.3 Å². The van der Waals surface area contributed by atoms with Gasteiger partial charge in [0, 0.05) is 0 Å². The molecule has 0 radical (unpaired) electrons. The van der Waals surface area contributed by atoms with Crippen LogP contribution in [0.1, 0.15) is 51.0 Å². The summed E-state index contributed by atoms with van der Waals surface area (Å²) in [6.07, 6.45) is 6.78. The number of urea groups is 1. The van der Waals surface area contributed by atoms with Crippen LogP contribution in [0.5, 0.6) is 5.75 Å². The van der Waals surface area contributed by atoms with Gasteiger partial charge in [0.05, 0.1) is 6.67 Å². The van der Waals surface area contributed by atoms with Crippen LogP contribution in [0.2, 0.25) is 0 Å². The molecule has 0 spiro atoms. The molecule has 160 valence electrons. The number of nitrogens with zero attached hydrogens (tertiary/aromatic N) is 2. The van der Waals surface area contributed by atoms with Crippen molar-refractivity contribution in [1.29, 1.82) is 0 Å². The third kappa shape index (κ3) is 5.65. The van der Waals surface area contributed by atoms with E-state index in [0.29, 0.717) is 19.5 Å². The van der Waals surface area contributed by atoms with Crippen molar-refractivity contribution < 1.29 is 23.1 Å². The van der Waals surface area contributed by atoms with E-state index in [0.717, 1.165) is 31.5 Å². The lowest BCUT2D eigenvalue weighted by atomic mass is 9.93. The number of benzene rings is 1. The summed E-state index contributed by atoms with van der Waals surface area (Å²) in [7, 11) is 0. The Hall–Kier alpha value is -2.22. The smallest absolute Gasteiger partial charge is 0.387 e. The van der Waals surface area contributed by atoms with E-state index in [1.165, 1.54) is 36.3 Å². The van der Waals surface area contributed by atoms with E-state index in [1.54, 1.807) is 19.1 Å². The molecule has 0 saturated carbocycles. The Balaban J connectivity index is 1.56. The number of carbonyl (C=O) groups is 2. The number of halogens is 2. The van der Waals surface area contributed by atoms with Crippen molar-refractivity contribution in [3.63, 3.8) is 0 Å². The van der Waals surface area contributed by atoms with Crippen LogP contribution in [0.4, 0.5) is 13.6 Å². The third-order valence-corrected chi connectivity index (χ3v) is 5.70. The van der Waals surface area contributed by atoms with E-state index in [9.17, 15) is 18.4 Å². The zero-order valence-corrected chi connectivity index (χ0v) is 16.8. The minimum Gasteiger partial charge on any atom is -0.435 e. The first-order valence-corrected chi connectivity index (χ1v) is 10.3. The first kappa shape index (κ1) is 21.5. The van der Waals surface area contributed by atoms with E-state index in [2.05, 4.69) is 15.0 Å². The summed E-state index contributed by atoms with van der Waals surface area (Å²) in [5.41, 5.74) is -0.0741. The molecule has 0 bridgehead atoms. The molecule has 3 rings (SSSR count). The summed E-state index contributed by atoms with van der Waals surface area (Å²) in [4.78, 5) is 28.9. The molecular formula is C21H29F2N3O3. The topological polar surface area (TPSA) is 61.9 Å². The summed E-state index contributed by atoms with van der Waals surface area (Å²) in [6.45, 7) is 1.03. The number of likely N-dealkylation sites (tertiary alicyclic amines) is 1. The van der Waals surface area contributed by atoms with Gasteiger partial charge in [-0.2, -0.15) is 8.78 Å². The lowest BCUT2D eigenvalue weighted by Crippen LogP contribution is -2.46. The summed E-state index contributed by atoms with van der Waals surface area (Å²) >= 11 is 0. The first-order chi connectivity index (χ1) is 13.9. The van der Waals surface area contributed by atoms with Crippen LogP contribution >= 0.6 is 0 Å². The number of nitrogens with one attached hydrogen (secondary N) is 1. The molecule has 1 atom stereocenters. The van der Waals surface area contributed by atoms with E-state index in [4.69, 9.17) is 0 Å². The molecular weight excluding hydrogens is 380 g/mol. The number of amides is 3. The standard InChI is InChI=1S/C21H29F2N3O3/c1-21(12-11-16-7-9-17(10-8-16)29-19(22)23)18(27)26(20(28)24-21)15-25-13-5-3-2-4-6-14-25/h7-10,19H,2-6,11-15H2,1H3,(H,24,28)/t21-/m0/s1. The summed E-state index contributed by atoms with van der Waals surface area (Å²) < 4.78 is 28.8. The van der Waals surface area contributed by atoms with E-state index in [1.807, 2.05) is 0 Å². The second kappa shape index (κ2) is 9.52. The van der Waals surface area contributed by atoms with Crippen molar-refractivity contribution in [2.75, 3.05) is 19.8 Å². The molecule has 29 heavy (non-hydrogen) atoms. The highest BCUT2D eigenvalue weighted by atomic mass is 19.3. The van der Waals surface area contributed by atoms with Gasteiger partial charge in [-0.25, -0.2) is 9.69 Å². The van der Waals surface area contributed by atoms with Gasteiger partial charge in [0.1, 0.15) is 11.3 Å². The second-order valence-electron chi connectivity index (χ2n) is 8.05. The van der Waals surface area contributed by atoms with Crippen molar-refractivity contribution in [3.8, 4) is 5.75 Å². The van der Waals surface area contributed by atoms with E-state index < -0.39 is 12.2 Å². The fourth-order valence-electron chi connectivity index (χ4n) is 3.93. The van der Waals surface area contributed by atoms with Gasteiger partial charge in [-0.15, -0.1) is 0 Å². The minimum atomic E-state index is -2.86. The average Bonchev–Trinajstić information content (AvgIpc) is 2.86. The van der Waals surface area contributed by atoms with Crippen LogP contribution in [0.3, 0.4) is 0 Å². The van der Waals surface area contributed by atoms with Gasteiger partial charge in [-0.1, -0.05) is 31.4 Å². The SMILES string of the molecule is C[C@@]1(CCc2ccc(OC(F)F)cc2)NC(=O)N(CN2CCCCCCC2)C1=O. The molecule has 0 aliphatic carbocycles. The molecule has 8 heteroatoms. The molecule has 0 unspecified atom stereocenters. The maximum atomic E-state index is 13.0. The zero-order chi connectivity index (χ0) is 20.9. The highest BCUT2D eigenvalue weighted by Gasteiger charge is 2.47.